The summed E-state index contributed by atoms with van der Waals surface area (Å²) in [7, 11) is 1.57. The average molecular weight is 383 g/mol. The van der Waals surface area contributed by atoms with Gasteiger partial charge in [0.1, 0.15) is 5.75 Å². The van der Waals surface area contributed by atoms with Gasteiger partial charge in [0.25, 0.3) is 5.91 Å². The van der Waals surface area contributed by atoms with Gasteiger partial charge in [-0.25, -0.2) is 4.79 Å². The zero-order valence-electron chi connectivity index (χ0n) is 15.6. The first-order chi connectivity index (χ1) is 13.6. The van der Waals surface area contributed by atoms with Gasteiger partial charge in [-0.1, -0.05) is 24.3 Å². The van der Waals surface area contributed by atoms with Crippen molar-refractivity contribution in [3.05, 3.63) is 59.7 Å². The van der Waals surface area contributed by atoms with E-state index in [1.807, 2.05) is 24.3 Å². The largest absolute Gasteiger partial charge is 0.496 e. The van der Waals surface area contributed by atoms with Crippen molar-refractivity contribution >= 4 is 18.0 Å². The first-order valence-corrected chi connectivity index (χ1v) is 8.75. The van der Waals surface area contributed by atoms with Gasteiger partial charge in [-0.3, -0.25) is 4.79 Å². The summed E-state index contributed by atoms with van der Waals surface area (Å²) in [5.41, 5.74) is 1.59. The molecule has 0 bridgehead atoms. The Labute approximate surface area is 162 Å². The van der Waals surface area contributed by atoms with Crippen LogP contribution >= 0.6 is 0 Å². The van der Waals surface area contributed by atoms with Gasteiger partial charge in [0.15, 0.2) is 17.6 Å². The Hall–Kier alpha value is -3.48. The van der Waals surface area contributed by atoms with Crippen LogP contribution in [-0.2, 0) is 20.9 Å². The Morgan fingerprint density at radius 2 is 1.96 bits per heavy atom. The number of methoxy groups -OCH3 is 1. The molecule has 7 nitrogen and oxygen atoms in total. The van der Waals surface area contributed by atoms with Gasteiger partial charge in [0, 0.05) is 18.2 Å². The Kier molecular flexibility index (Phi) is 6.16. The van der Waals surface area contributed by atoms with Crippen LogP contribution in [0.2, 0.25) is 0 Å². The van der Waals surface area contributed by atoms with Crippen molar-refractivity contribution in [3.63, 3.8) is 0 Å². The van der Waals surface area contributed by atoms with Crippen molar-refractivity contribution in [2.75, 3.05) is 13.9 Å². The van der Waals surface area contributed by atoms with Gasteiger partial charge >= 0.3 is 5.97 Å². The fourth-order valence-electron chi connectivity index (χ4n) is 2.62. The lowest BCUT2D eigenvalue weighted by atomic mass is 10.2. The summed E-state index contributed by atoms with van der Waals surface area (Å²) in [6.45, 7) is 1.98. The predicted molar refractivity (Wildman–Crippen MR) is 102 cm³/mol. The zero-order valence-corrected chi connectivity index (χ0v) is 15.6. The smallest absolute Gasteiger partial charge is 0.331 e. The molecule has 146 valence electrons. The molecule has 0 spiro atoms. The minimum Gasteiger partial charge on any atom is -0.496 e. The van der Waals surface area contributed by atoms with Crippen LogP contribution in [0.15, 0.2) is 48.5 Å². The maximum atomic E-state index is 12.2. The highest BCUT2D eigenvalue weighted by atomic mass is 16.7. The third-order valence-corrected chi connectivity index (χ3v) is 4.12. The molecule has 1 aliphatic rings. The van der Waals surface area contributed by atoms with Crippen molar-refractivity contribution in [1.29, 1.82) is 0 Å². The van der Waals surface area contributed by atoms with E-state index in [0.29, 0.717) is 17.2 Å². The summed E-state index contributed by atoms with van der Waals surface area (Å²) < 4.78 is 20.9. The predicted octanol–water partition coefficient (Wildman–Crippen LogP) is 2.69. The molecular formula is C21H21NO6. The molecule has 1 heterocycles. The number of nitrogens with one attached hydrogen (secondary N) is 1. The van der Waals surface area contributed by atoms with Gasteiger partial charge in [-0.2, -0.15) is 0 Å². The van der Waals surface area contributed by atoms with Crippen LogP contribution in [0.3, 0.4) is 0 Å². The van der Waals surface area contributed by atoms with Crippen LogP contribution < -0.4 is 19.5 Å². The summed E-state index contributed by atoms with van der Waals surface area (Å²) >= 11 is 0. The summed E-state index contributed by atoms with van der Waals surface area (Å²) in [5, 5.41) is 2.73. The number of esters is 1. The molecule has 0 saturated carbocycles. The number of fused-ring (bicyclic) bond motifs is 1. The molecule has 0 aromatic heterocycles. The van der Waals surface area contributed by atoms with E-state index in [9.17, 15) is 9.59 Å². The maximum absolute atomic E-state index is 12.2. The molecule has 2 aromatic carbocycles. The molecular weight excluding hydrogens is 362 g/mol. The van der Waals surface area contributed by atoms with Gasteiger partial charge in [-0.15, -0.1) is 0 Å². The fraction of sp³-hybridized carbons (Fsp3) is 0.238. The van der Waals surface area contributed by atoms with Crippen LogP contribution in [0.4, 0.5) is 0 Å². The van der Waals surface area contributed by atoms with E-state index in [2.05, 4.69) is 5.32 Å². The lowest BCUT2D eigenvalue weighted by Crippen LogP contribution is -2.35. The second kappa shape index (κ2) is 8.94. The summed E-state index contributed by atoms with van der Waals surface area (Å²) in [6, 6.07) is 12.7. The molecule has 1 N–H and O–H groups in total. The minimum atomic E-state index is -0.927. The lowest BCUT2D eigenvalue weighted by molar-refractivity contribution is -0.150. The minimum absolute atomic E-state index is 0.187. The van der Waals surface area contributed by atoms with Crippen LogP contribution in [0, 0.1) is 0 Å². The summed E-state index contributed by atoms with van der Waals surface area (Å²) in [6.07, 6.45) is 1.93. The van der Waals surface area contributed by atoms with Crippen LogP contribution in [0.25, 0.3) is 6.08 Å². The molecule has 2 aromatic rings. The Morgan fingerprint density at radius 1 is 1.18 bits per heavy atom. The van der Waals surface area contributed by atoms with Gasteiger partial charge in [0.2, 0.25) is 6.79 Å². The molecule has 0 aliphatic carbocycles. The molecule has 0 fully saturated rings. The number of carbonyl (C=O) groups excluding carboxylic acids is 2. The second-order valence-electron chi connectivity index (χ2n) is 6.05. The van der Waals surface area contributed by atoms with Crippen molar-refractivity contribution in [3.8, 4) is 17.2 Å². The van der Waals surface area contributed by atoms with Crippen molar-refractivity contribution < 1.29 is 28.5 Å². The number of hydrogen-bond acceptors (Lipinski definition) is 6. The molecule has 7 heteroatoms. The van der Waals surface area contributed by atoms with E-state index in [4.69, 9.17) is 18.9 Å². The first-order valence-electron chi connectivity index (χ1n) is 8.75. The Morgan fingerprint density at radius 3 is 2.79 bits per heavy atom. The summed E-state index contributed by atoms with van der Waals surface area (Å²) in [5.74, 6) is 0.965. The van der Waals surface area contributed by atoms with Crippen LogP contribution in [0.5, 0.6) is 17.2 Å². The highest BCUT2D eigenvalue weighted by Gasteiger charge is 2.17. The standard InChI is InChI=1S/C21H21NO6/c1-14(21(24)22-12-16-5-3-4-6-17(16)25-2)28-20(23)10-8-15-7-9-18-19(11-15)27-13-26-18/h3-11,14H,12-13H2,1-2H3,(H,22,24)/b10-8+. The fourth-order valence-corrected chi connectivity index (χ4v) is 2.62. The average Bonchev–Trinajstić information content (AvgIpc) is 3.18. The van der Waals surface area contributed by atoms with Gasteiger partial charge in [-0.05, 0) is 36.8 Å². The van der Waals surface area contributed by atoms with Crippen molar-refractivity contribution in [2.45, 2.75) is 19.6 Å². The molecule has 1 amide bonds. The monoisotopic (exact) mass is 383 g/mol. The lowest BCUT2D eigenvalue weighted by Gasteiger charge is -2.13. The van der Waals surface area contributed by atoms with Crippen molar-refractivity contribution in [1.82, 2.24) is 5.32 Å². The third kappa shape index (κ3) is 4.82. The number of hydrogen-bond donors (Lipinski definition) is 1. The van der Waals surface area contributed by atoms with E-state index in [1.54, 1.807) is 31.4 Å². The number of carbonyl (C=O) groups is 2. The summed E-state index contributed by atoms with van der Waals surface area (Å²) in [4.78, 5) is 24.1. The second-order valence-corrected chi connectivity index (χ2v) is 6.05. The number of benzene rings is 2. The van der Waals surface area contributed by atoms with Crippen LogP contribution in [-0.4, -0.2) is 31.9 Å². The molecule has 1 unspecified atom stereocenters. The van der Waals surface area contributed by atoms with E-state index in [1.165, 1.54) is 13.0 Å². The van der Waals surface area contributed by atoms with E-state index >= 15 is 0 Å². The molecule has 0 saturated heterocycles. The first kappa shape index (κ1) is 19.3. The van der Waals surface area contributed by atoms with Crippen molar-refractivity contribution in [2.24, 2.45) is 0 Å². The molecule has 3 rings (SSSR count). The van der Waals surface area contributed by atoms with Crippen LogP contribution in [0.1, 0.15) is 18.1 Å². The zero-order chi connectivity index (χ0) is 19.9. The molecule has 1 aliphatic heterocycles. The molecule has 0 radical (unpaired) electrons. The Balaban J connectivity index is 1.50. The SMILES string of the molecule is COc1ccccc1CNC(=O)C(C)OC(=O)/C=C/c1ccc2c(c1)OCO2. The number of amides is 1. The molecule has 28 heavy (non-hydrogen) atoms. The van der Waals surface area contributed by atoms with E-state index in [-0.39, 0.29) is 13.3 Å². The van der Waals surface area contributed by atoms with Gasteiger partial charge < -0.3 is 24.3 Å². The maximum Gasteiger partial charge on any atom is 0.331 e. The highest BCUT2D eigenvalue weighted by Crippen LogP contribution is 2.32. The number of ether oxygens (including phenoxy) is 4. The number of para-hydroxylation sites is 1. The topological polar surface area (TPSA) is 83.1 Å². The van der Waals surface area contributed by atoms with E-state index < -0.39 is 18.0 Å². The normalized spacial score (nSPS) is 13.2. The Bertz CT molecular complexity index is 892. The number of rotatable bonds is 7. The third-order valence-electron chi connectivity index (χ3n) is 4.12. The molecule has 1 atom stereocenters. The van der Waals surface area contributed by atoms with Gasteiger partial charge in [0.05, 0.1) is 7.11 Å². The quantitative estimate of drug-likeness (QED) is 0.585. The van der Waals surface area contributed by atoms with E-state index in [0.717, 1.165) is 11.1 Å². The highest BCUT2D eigenvalue weighted by molar-refractivity contribution is 5.90.